The number of halogens is 3. The van der Waals surface area contributed by atoms with Crippen LogP contribution in [0.1, 0.15) is 32.1 Å². The van der Waals surface area contributed by atoms with Crippen LogP contribution < -0.4 is 0 Å². The second kappa shape index (κ2) is 3.69. The molecule has 0 aromatic carbocycles. The predicted molar refractivity (Wildman–Crippen MR) is 42.4 cm³/mol. The lowest BCUT2D eigenvalue weighted by atomic mass is 9.86. The van der Waals surface area contributed by atoms with Crippen LogP contribution in [0.15, 0.2) is 0 Å². The van der Waals surface area contributed by atoms with Crippen molar-refractivity contribution >= 4 is 17.4 Å². The van der Waals surface area contributed by atoms with Gasteiger partial charge in [0, 0.05) is 5.92 Å². The van der Waals surface area contributed by atoms with E-state index in [1.54, 1.807) is 0 Å². The highest BCUT2D eigenvalue weighted by atomic mass is 35.5. The van der Waals surface area contributed by atoms with E-state index in [1.165, 1.54) is 0 Å². The fourth-order valence-electron chi connectivity index (χ4n) is 1.60. The molecule has 1 saturated carbocycles. The van der Waals surface area contributed by atoms with Gasteiger partial charge < -0.3 is 0 Å². The summed E-state index contributed by atoms with van der Waals surface area (Å²) in [5.41, 5.74) is 0. The van der Waals surface area contributed by atoms with E-state index in [0.717, 1.165) is 19.3 Å². The average molecular weight is 197 g/mol. The summed E-state index contributed by atoms with van der Waals surface area (Å²) in [6.07, 6.45) is 3.91. The molecule has 0 bridgehead atoms. The van der Waals surface area contributed by atoms with Crippen molar-refractivity contribution in [3.63, 3.8) is 0 Å². The van der Waals surface area contributed by atoms with Gasteiger partial charge in [-0.2, -0.15) is 8.78 Å². The molecule has 0 N–H and O–H groups in total. The number of ketones is 1. The maximum absolute atomic E-state index is 12.3. The highest BCUT2D eigenvalue weighted by molar-refractivity contribution is 6.32. The van der Waals surface area contributed by atoms with E-state index >= 15 is 0 Å². The molecule has 0 amide bonds. The number of rotatable bonds is 2. The Kier molecular flexibility index (Phi) is 3.04. The zero-order valence-corrected chi connectivity index (χ0v) is 7.41. The molecule has 1 aliphatic carbocycles. The summed E-state index contributed by atoms with van der Waals surface area (Å²) in [4.78, 5) is 10.9. The van der Waals surface area contributed by atoms with E-state index in [0.29, 0.717) is 12.8 Å². The largest absolute Gasteiger partial charge is 0.380 e. The molecule has 0 radical (unpaired) electrons. The third-order valence-corrected chi connectivity index (χ3v) is 2.44. The molecule has 70 valence electrons. The first-order valence-corrected chi connectivity index (χ1v) is 4.50. The van der Waals surface area contributed by atoms with Crippen LogP contribution in [-0.2, 0) is 4.79 Å². The van der Waals surface area contributed by atoms with Gasteiger partial charge in [0.2, 0.25) is 5.78 Å². The van der Waals surface area contributed by atoms with E-state index in [-0.39, 0.29) is 0 Å². The van der Waals surface area contributed by atoms with Gasteiger partial charge in [0.15, 0.2) is 0 Å². The van der Waals surface area contributed by atoms with Crippen LogP contribution in [0.2, 0.25) is 0 Å². The molecular weight excluding hydrogens is 186 g/mol. The van der Waals surface area contributed by atoms with Gasteiger partial charge >= 0.3 is 5.38 Å². The minimum absolute atomic E-state index is 0.508. The molecule has 0 unspecified atom stereocenters. The van der Waals surface area contributed by atoms with Crippen molar-refractivity contribution in [1.82, 2.24) is 0 Å². The Morgan fingerprint density at radius 1 is 1.25 bits per heavy atom. The molecule has 1 rings (SSSR count). The highest BCUT2D eigenvalue weighted by Gasteiger charge is 2.40. The Labute approximate surface area is 75.1 Å². The summed E-state index contributed by atoms with van der Waals surface area (Å²) in [6.45, 7) is 0. The second-order valence-electron chi connectivity index (χ2n) is 3.20. The minimum Gasteiger partial charge on any atom is -0.291 e. The van der Waals surface area contributed by atoms with E-state index in [4.69, 9.17) is 0 Å². The van der Waals surface area contributed by atoms with Gasteiger partial charge in [0.25, 0.3) is 0 Å². The third kappa shape index (κ3) is 2.41. The van der Waals surface area contributed by atoms with Gasteiger partial charge in [-0.1, -0.05) is 19.3 Å². The number of carbonyl (C=O) groups excluding carboxylic acids is 1. The molecule has 1 aliphatic rings. The van der Waals surface area contributed by atoms with Gasteiger partial charge in [-0.15, -0.1) is 0 Å². The molecule has 1 fully saturated rings. The van der Waals surface area contributed by atoms with Gasteiger partial charge in [-0.25, -0.2) is 0 Å². The first-order valence-electron chi connectivity index (χ1n) is 4.13. The molecule has 0 aromatic rings. The SMILES string of the molecule is O=C(C1CCCCC1)C(F)(F)Cl. The van der Waals surface area contributed by atoms with E-state index in [9.17, 15) is 13.6 Å². The lowest BCUT2D eigenvalue weighted by Gasteiger charge is -2.21. The zero-order valence-electron chi connectivity index (χ0n) is 6.66. The Hall–Kier alpha value is -0.180. The van der Waals surface area contributed by atoms with Gasteiger partial charge in [0.1, 0.15) is 0 Å². The summed E-state index contributed by atoms with van der Waals surface area (Å²) in [7, 11) is 0. The summed E-state index contributed by atoms with van der Waals surface area (Å²) < 4.78 is 24.6. The topological polar surface area (TPSA) is 17.1 Å². The molecule has 4 heteroatoms. The fraction of sp³-hybridized carbons (Fsp3) is 0.875. The first-order chi connectivity index (χ1) is 5.52. The smallest absolute Gasteiger partial charge is 0.291 e. The van der Waals surface area contributed by atoms with Gasteiger partial charge in [-0.3, -0.25) is 4.79 Å². The normalized spacial score (nSPS) is 20.9. The summed E-state index contributed by atoms with van der Waals surface area (Å²) in [5.74, 6) is -1.60. The standard InChI is InChI=1S/C8H11ClF2O/c9-8(10,11)7(12)6-4-2-1-3-5-6/h6H,1-5H2. The predicted octanol–water partition coefficient (Wildman–Crippen LogP) is 2.97. The molecule has 12 heavy (non-hydrogen) atoms. The van der Waals surface area contributed by atoms with Crippen molar-refractivity contribution in [2.45, 2.75) is 37.5 Å². The molecule has 0 atom stereocenters. The molecule has 1 nitrogen and oxygen atoms in total. The molecule has 0 heterocycles. The van der Waals surface area contributed by atoms with Crippen LogP contribution in [0.3, 0.4) is 0 Å². The number of hydrogen-bond acceptors (Lipinski definition) is 1. The lowest BCUT2D eigenvalue weighted by Crippen LogP contribution is -2.30. The summed E-state index contributed by atoms with van der Waals surface area (Å²) in [5, 5.41) is -3.65. The molecular formula is C8H11ClF2O. The second-order valence-corrected chi connectivity index (χ2v) is 3.67. The van der Waals surface area contributed by atoms with Crippen LogP contribution in [0.5, 0.6) is 0 Å². The van der Waals surface area contributed by atoms with Crippen LogP contribution in [0.25, 0.3) is 0 Å². The van der Waals surface area contributed by atoms with Crippen molar-refractivity contribution < 1.29 is 13.6 Å². The lowest BCUT2D eigenvalue weighted by molar-refractivity contribution is -0.138. The number of Topliss-reactive ketones (excluding diaryl/α,β-unsaturated/α-hetero) is 1. The number of hydrogen-bond donors (Lipinski definition) is 0. The molecule has 0 spiro atoms. The Morgan fingerprint density at radius 2 is 1.75 bits per heavy atom. The third-order valence-electron chi connectivity index (χ3n) is 2.26. The van der Waals surface area contributed by atoms with Crippen molar-refractivity contribution in [3.8, 4) is 0 Å². The first kappa shape index (κ1) is 9.90. The summed E-state index contributed by atoms with van der Waals surface area (Å²) >= 11 is 4.63. The van der Waals surface area contributed by atoms with Crippen LogP contribution in [0.4, 0.5) is 8.78 Å². The van der Waals surface area contributed by atoms with Crippen LogP contribution in [0, 0.1) is 5.92 Å². The molecule has 0 aromatic heterocycles. The fourth-order valence-corrected chi connectivity index (χ4v) is 1.75. The average Bonchev–Trinajstić information content (AvgIpc) is 2.03. The van der Waals surface area contributed by atoms with Crippen molar-refractivity contribution in [1.29, 1.82) is 0 Å². The summed E-state index contributed by atoms with van der Waals surface area (Å²) in [6, 6.07) is 0. The van der Waals surface area contributed by atoms with Crippen molar-refractivity contribution in [2.75, 3.05) is 0 Å². The Morgan fingerprint density at radius 3 is 2.17 bits per heavy atom. The molecule has 0 aliphatic heterocycles. The van der Waals surface area contributed by atoms with E-state index in [1.807, 2.05) is 0 Å². The quantitative estimate of drug-likeness (QED) is 0.621. The number of alkyl halides is 3. The molecule has 0 saturated heterocycles. The minimum atomic E-state index is -3.65. The van der Waals surface area contributed by atoms with Crippen molar-refractivity contribution in [3.05, 3.63) is 0 Å². The maximum atomic E-state index is 12.3. The Bertz CT molecular complexity index is 170. The zero-order chi connectivity index (χ0) is 9.19. The van der Waals surface area contributed by atoms with Gasteiger partial charge in [0.05, 0.1) is 0 Å². The Balaban J connectivity index is 2.51. The van der Waals surface area contributed by atoms with Crippen LogP contribution in [-0.4, -0.2) is 11.2 Å². The van der Waals surface area contributed by atoms with Crippen molar-refractivity contribution in [2.24, 2.45) is 5.92 Å². The number of carbonyl (C=O) groups is 1. The van der Waals surface area contributed by atoms with E-state index < -0.39 is 17.1 Å². The highest BCUT2D eigenvalue weighted by Crippen LogP contribution is 2.32. The van der Waals surface area contributed by atoms with Crippen LogP contribution >= 0.6 is 11.6 Å². The monoisotopic (exact) mass is 196 g/mol. The maximum Gasteiger partial charge on any atom is 0.380 e. The van der Waals surface area contributed by atoms with E-state index in [2.05, 4.69) is 11.6 Å². The van der Waals surface area contributed by atoms with Gasteiger partial charge in [-0.05, 0) is 24.4 Å².